The first-order chi connectivity index (χ1) is 9.65. The van der Waals surface area contributed by atoms with Gasteiger partial charge in [-0.1, -0.05) is 0 Å². The quantitative estimate of drug-likeness (QED) is 0.897. The van der Waals surface area contributed by atoms with Gasteiger partial charge in [-0.25, -0.2) is 4.98 Å². The predicted molar refractivity (Wildman–Crippen MR) is 77.3 cm³/mol. The fourth-order valence-electron chi connectivity index (χ4n) is 3.61. The molecule has 2 aliphatic rings. The average Bonchev–Trinajstić information content (AvgIpc) is 3.05. The number of carbonyl (C=O) groups excluding carboxylic acids is 1. The SMILES string of the molecule is CN(C)[C@@H]1CCC[C@H]1NC(=O)C1CCc2cncn2C1. The molecule has 1 amide bonds. The van der Waals surface area contributed by atoms with E-state index in [1.165, 1.54) is 18.5 Å². The highest BCUT2D eigenvalue weighted by Crippen LogP contribution is 2.24. The topological polar surface area (TPSA) is 50.2 Å². The van der Waals surface area contributed by atoms with Crippen molar-refractivity contribution >= 4 is 5.91 Å². The summed E-state index contributed by atoms with van der Waals surface area (Å²) in [5.74, 6) is 0.322. The van der Waals surface area contributed by atoms with E-state index in [0.717, 1.165) is 25.8 Å². The predicted octanol–water partition coefficient (Wildman–Crippen LogP) is 1.04. The van der Waals surface area contributed by atoms with Crippen molar-refractivity contribution in [2.24, 2.45) is 5.92 Å². The molecule has 110 valence electrons. The Bertz CT molecular complexity index is 482. The van der Waals surface area contributed by atoms with Crippen LogP contribution in [-0.4, -0.2) is 46.5 Å². The molecule has 1 unspecified atom stereocenters. The van der Waals surface area contributed by atoms with E-state index < -0.39 is 0 Å². The molecule has 3 atom stereocenters. The molecule has 0 bridgehead atoms. The van der Waals surface area contributed by atoms with E-state index in [-0.39, 0.29) is 11.8 Å². The van der Waals surface area contributed by atoms with E-state index in [2.05, 4.69) is 33.9 Å². The summed E-state index contributed by atoms with van der Waals surface area (Å²) in [4.78, 5) is 18.9. The molecule has 1 aromatic rings. The average molecular weight is 276 g/mol. The van der Waals surface area contributed by atoms with Crippen molar-refractivity contribution in [3.63, 3.8) is 0 Å². The molecule has 1 saturated carbocycles. The largest absolute Gasteiger partial charge is 0.351 e. The van der Waals surface area contributed by atoms with Gasteiger partial charge in [-0.05, 0) is 46.2 Å². The number of carbonyl (C=O) groups is 1. The molecule has 3 rings (SSSR count). The summed E-state index contributed by atoms with van der Waals surface area (Å²) in [6.07, 6.45) is 9.16. The highest BCUT2D eigenvalue weighted by molar-refractivity contribution is 5.79. The monoisotopic (exact) mass is 276 g/mol. The van der Waals surface area contributed by atoms with Gasteiger partial charge in [0.05, 0.1) is 12.2 Å². The maximum atomic E-state index is 12.5. The minimum Gasteiger partial charge on any atom is -0.351 e. The Morgan fingerprint density at radius 1 is 1.40 bits per heavy atom. The molecule has 0 radical (unpaired) electrons. The van der Waals surface area contributed by atoms with E-state index in [0.29, 0.717) is 12.1 Å². The molecule has 5 nitrogen and oxygen atoms in total. The standard InChI is InChI=1S/C15H24N4O/c1-18(2)14-5-3-4-13(14)17-15(20)11-6-7-12-8-16-10-19(12)9-11/h8,10-11,13-14H,3-7,9H2,1-2H3,(H,17,20)/t11?,13-,14-/m1/s1. The fourth-order valence-corrected chi connectivity index (χ4v) is 3.61. The third-order valence-electron chi connectivity index (χ3n) is 4.81. The highest BCUT2D eigenvalue weighted by atomic mass is 16.2. The Balaban J connectivity index is 1.60. The van der Waals surface area contributed by atoms with Crippen LogP contribution in [0.3, 0.4) is 0 Å². The lowest BCUT2D eigenvalue weighted by atomic mass is 9.96. The third-order valence-corrected chi connectivity index (χ3v) is 4.81. The van der Waals surface area contributed by atoms with Crippen molar-refractivity contribution in [2.45, 2.75) is 50.7 Å². The van der Waals surface area contributed by atoms with Crippen molar-refractivity contribution in [3.8, 4) is 0 Å². The minimum atomic E-state index is 0.0973. The van der Waals surface area contributed by atoms with Crippen LogP contribution in [0.2, 0.25) is 0 Å². The van der Waals surface area contributed by atoms with E-state index >= 15 is 0 Å². The number of rotatable bonds is 3. The van der Waals surface area contributed by atoms with Crippen LogP contribution >= 0.6 is 0 Å². The lowest BCUT2D eigenvalue weighted by Gasteiger charge is -2.30. The van der Waals surface area contributed by atoms with Crippen LogP contribution in [0.25, 0.3) is 0 Å². The summed E-state index contributed by atoms with van der Waals surface area (Å²) in [5, 5.41) is 3.29. The summed E-state index contributed by atoms with van der Waals surface area (Å²) in [6, 6.07) is 0.813. The van der Waals surface area contributed by atoms with Gasteiger partial charge in [0.15, 0.2) is 0 Å². The van der Waals surface area contributed by atoms with Gasteiger partial charge in [-0.2, -0.15) is 0 Å². The zero-order valence-electron chi connectivity index (χ0n) is 12.4. The second-order valence-electron chi connectivity index (χ2n) is 6.35. The first kappa shape index (κ1) is 13.6. The molecule has 1 N–H and O–H groups in total. The van der Waals surface area contributed by atoms with Gasteiger partial charge in [0.25, 0.3) is 0 Å². The first-order valence-corrected chi connectivity index (χ1v) is 7.61. The van der Waals surface area contributed by atoms with Crippen molar-refractivity contribution in [3.05, 3.63) is 18.2 Å². The summed E-state index contributed by atoms with van der Waals surface area (Å²) in [5.41, 5.74) is 1.25. The normalized spacial score (nSPS) is 29.4. The van der Waals surface area contributed by atoms with Gasteiger partial charge in [0, 0.05) is 30.5 Å². The van der Waals surface area contributed by atoms with Gasteiger partial charge in [0.1, 0.15) is 0 Å². The maximum Gasteiger partial charge on any atom is 0.225 e. The van der Waals surface area contributed by atoms with Crippen LogP contribution in [-0.2, 0) is 17.8 Å². The molecule has 2 heterocycles. The fraction of sp³-hybridized carbons (Fsp3) is 0.733. The number of hydrogen-bond donors (Lipinski definition) is 1. The van der Waals surface area contributed by atoms with Crippen molar-refractivity contribution in [1.82, 2.24) is 19.8 Å². The summed E-state index contributed by atoms with van der Waals surface area (Å²) in [7, 11) is 4.21. The zero-order valence-corrected chi connectivity index (χ0v) is 12.4. The van der Waals surface area contributed by atoms with Gasteiger partial charge < -0.3 is 14.8 Å². The van der Waals surface area contributed by atoms with Crippen molar-refractivity contribution in [1.29, 1.82) is 0 Å². The highest BCUT2D eigenvalue weighted by Gasteiger charge is 2.32. The van der Waals surface area contributed by atoms with Crippen molar-refractivity contribution in [2.75, 3.05) is 14.1 Å². The molecule has 5 heteroatoms. The lowest BCUT2D eigenvalue weighted by molar-refractivity contribution is -0.127. The molecule has 1 aliphatic heterocycles. The third kappa shape index (κ3) is 2.59. The van der Waals surface area contributed by atoms with Crippen LogP contribution in [0, 0.1) is 5.92 Å². The van der Waals surface area contributed by atoms with E-state index in [1.807, 2.05) is 12.5 Å². The maximum absolute atomic E-state index is 12.5. The number of nitrogens with zero attached hydrogens (tertiary/aromatic N) is 3. The molecular formula is C15H24N4O. The molecule has 20 heavy (non-hydrogen) atoms. The first-order valence-electron chi connectivity index (χ1n) is 7.61. The second-order valence-corrected chi connectivity index (χ2v) is 6.35. The second kappa shape index (κ2) is 5.56. The number of hydrogen-bond acceptors (Lipinski definition) is 3. The number of aromatic nitrogens is 2. The van der Waals surface area contributed by atoms with Crippen LogP contribution in [0.15, 0.2) is 12.5 Å². The van der Waals surface area contributed by atoms with E-state index in [1.54, 1.807) is 0 Å². The van der Waals surface area contributed by atoms with Crippen LogP contribution in [0.1, 0.15) is 31.4 Å². The van der Waals surface area contributed by atoms with Gasteiger partial charge in [-0.3, -0.25) is 4.79 Å². The number of nitrogens with one attached hydrogen (secondary N) is 1. The molecule has 1 aliphatic carbocycles. The molecule has 0 aromatic carbocycles. The van der Waals surface area contributed by atoms with Gasteiger partial charge in [-0.15, -0.1) is 0 Å². The summed E-state index contributed by atoms with van der Waals surface area (Å²) >= 11 is 0. The van der Waals surface area contributed by atoms with Crippen molar-refractivity contribution < 1.29 is 4.79 Å². The number of amides is 1. The smallest absolute Gasteiger partial charge is 0.225 e. The number of aryl methyl sites for hydroxylation is 1. The van der Waals surface area contributed by atoms with E-state index in [9.17, 15) is 4.79 Å². The summed E-state index contributed by atoms with van der Waals surface area (Å²) < 4.78 is 2.12. The van der Waals surface area contributed by atoms with Crippen LogP contribution in [0.4, 0.5) is 0 Å². The molecule has 1 aromatic heterocycles. The Hall–Kier alpha value is -1.36. The summed E-state index contributed by atoms with van der Waals surface area (Å²) in [6.45, 7) is 0.778. The molecule has 0 spiro atoms. The molecule has 0 saturated heterocycles. The lowest BCUT2D eigenvalue weighted by Crippen LogP contribution is -2.48. The molecule has 1 fully saturated rings. The Morgan fingerprint density at radius 2 is 2.25 bits per heavy atom. The van der Waals surface area contributed by atoms with Gasteiger partial charge in [0.2, 0.25) is 5.91 Å². The molecular weight excluding hydrogens is 252 g/mol. The number of likely N-dealkylation sites (N-methyl/N-ethyl adjacent to an activating group) is 1. The Labute approximate surface area is 120 Å². The van der Waals surface area contributed by atoms with E-state index in [4.69, 9.17) is 0 Å². The zero-order chi connectivity index (χ0) is 14.1. The Morgan fingerprint density at radius 3 is 3.05 bits per heavy atom. The van der Waals surface area contributed by atoms with Crippen LogP contribution < -0.4 is 5.32 Å². The number of imidazole rings is 1. The van der Waals surface area contributed by atoms with Crippen LogP contribution in [0.5, 0.6) is 0 Å². The number of fused-ring (bicyclic) bond motifs is 1. The van der Waals surface area contributed by atoms with Gasteiger partial charge >= 0.3 is 0 Å². The Kier molecular flexibility index (Phi) is 3.78. The minimum absolute atomic E-state index is 0.0973.